The smallest absolute Gasteiger partial charge is 0.333 e. The van der Waals surface area contributed by atoms with Crippen molar-refractivity contribution in [1.29, 1.82) is 0 Å². The average molecular weight is 433 g/mol. The quantitative estimate of drug-likeness (QED) is 0.420. The van der Waals surface area contributed by atoms with Crippen molar-refractivity contribution in [2.45, 2.75) is 80.1 Å². The molecule has 1 aliphatic rings. The van der Waals surface area contributed by atoms with Gasteiger partial charge in [-0.3, -0.25) is 4.57 Å². The molecule has 1 aliphatic heterocycles. The SMILES string of the molecule is CCOC1=N[C@H](C(C)C)C(OCC)=N[C@H]1[C@H](C(C)C)[C@H](C)P(=O)(OCC)OCC. The van der Waals surface area contributed by atoms with E-state index >= 15 is 0 Å². The molecule has 0 amide bonds. The fraction of sp³-hybridized carbons (Fsp3) is 0.905. The van der Waals surface area contributed by atoms with Crippen LogP contribution in [0, 0.1) is 17.8 Å². The third-order valence-electron chi connectivity index (χ3n) is 5.06. The van der Waals surface area contributed by atoms with E-state index in [4.69, 9.17) is 28.5 Å². The molecule has 0 saturated heterocycles. The van der Waals surface area contributed by atoms with Gasteiger partial charge < -0.3 is 18.5 Å². The molecule has 4 atom stereocenters. The number of ether oxygens (including phenoxy) is 2. The topological polar surface area (TPSA) is 78.7 Å². The fourth-order valence-corrected chi connectivity index (χ4v) is 5.99. The van der Waals surface area contributed by atoms with Crippen LogP contribution in [-0.2, 0) is 23.1 Å². The molecule has 0 saturated carbocycles. The summed E-state index contributed by atoms with van der Waals surface area (Å²) in [6, 6.07) is -0.572. The first-order valence-electron chi connectivity index (χ1n) is 11.0. The van der Waals surface area contributed by atoms with Crippen LogP contribution in [0.3, 0.4) is 0 Å². The van der Waals surface area contributed by atoms with Crippen LogP contribution < -0.4 is 0 Å². The highest BCUT2D eigenvalue weighted by atomic mass is 31.2. The second-order valence-corrected chi connectivity index (χ2v) is 10.3. The van der Waals surface area contributed by atoms with Gasteiger partial charge in [-0.25, -0.2) is 9.98 Å². The molecule has 0 spiro atoms. The summed E-state index contributed by atoms with van der Waals surface area (Å²) >= 11 is 0. The first-order chi connectivity index (χ1) is 13.7. The summed E-state index contributed by atoms with van der Waals surface area (Å²) in [5, 5.41) is 0. The van der Waals surface area contributed by atoms with E-state index in [2.05, 4.69) is 27.7 Å². The van der Waals surface area contributed by atoms with Crippen molar-refractivity contribution in [3.05, 3.63) is 0 Å². The van der Waals surface area contributed by atoms with Crippen molar-refractivity contribution >= 4 is 19.4 Å². The van der Waals surface area contributed by atoms with Crippen molar-refractivity contribution in [2.75, 3.05) is 26.4 Å². The van der Waals surface area contributed by atoms with E-state index in [-0.39, 0.29) is 29.5 Å². The Hall–Kier alpha value is -0.910. The lowest BCUT2D eigenvalue weighted by atomic mass is 9.85. The monoisotopic (exact) mass is 432 g/mol. The van der Waals surface area contributed by atoms with Crippen molar-refractivity contribution in [3.63, 3.8) is 0 Å². The van der Waals surface area contributed by atoms with Gasteiger partial charge in [0, 0.05) is 5.92 Å². The predicted molar refractivity (Wildman–Crippen MR) is 119 cm³/mol. The Morgan fingerprint density at radius 2 is 1.24 bits per heavy atom. The second-order valence-electron chi connectivity index (χ2n) is 7.87. The van der Waals surface area contributed by atoms with Crippen LogP contribution in [0.4, 0.5) is 0 Å². The number of hydrogen-bond donors (Lipinski definition) is 0. The Kier molecular flexibility index (Phi) is 10.9. The zero-order valence-corrected chi connectivity index (χ0v) is 20.6. The average Bonchev–Trinajstić information content (AvgIpc) is 2.63. The molecule has 1 rings (SSSR count). The molecule has 0 unspecified atom stereocenters. The zero-order valence-electron chi connectivity index (χ0n) is 19.7. The number of aliphatic imine (C=N–C) groups is 2. The summed E-state index contributed by atoms with van der Waals surface area (Å²) in [5.41, 5.74) is -0.375. The molecule has 170 valence electrons. The van der Waals surface area contributed by atoms with E-state index in [1.165, 1.54) is 0 Å². The maximum atomic E-state index is 13.5. The maximum Gasteiger partial charge on any atom is 0.333 e. The lowest BCUT2D eigenvalue weighted by molar-refractivity contribution is 0.190. The standard InChI is InChI=1S/C21H41N2O5P/c1-10-25-20-18(15(7)8)22-21(26-11-2)19(23-20)17(14(5)6)16(9)29(24,27-12-3)28-13-4/h14-19H,10-13H2,1-9H3/t16-,17+,18+,19-/m0/s1. The Bertz CT molecular complexity index is 596. The summed E-state index contributed by atoms with van der Waals surface area (Å²) in [7, 11) is -3.32. The minimum absolute atomic E-state index is 0.146. The van der Waals surface area contributed by atoms with E-state index in [0.29, 0.717) is 38.2 Å². The van der Waals surface area contributed by atoms with Crippen molar-refractivity contribution in [2.24, 2.45) is 27.7 Å². The van der Waals surface area contributed by atoms with Crippen LogP contribution in [0.25, 0.3) is 0 Å². The molecule has 0 aromatic heterocycles. The lowest BCUT2D eigenvalue weighted by Gasteiger charge is -2.38. The summed E-state index contributed by atoms with van der Waals surface area (Å²) in [6.07, 6.45) is 0. The van der Waals surface area contributed by atoms with Gasteiger partial charge in [0.25, 0.3) is 0 Å². The molecule has 29 heavy (non-hydrogen) atoms. The molecule has 7 nitrogen and oxygen atoms in total. The summed E-state index contributed by atoms with van der Waals surface area (Å²) in [5.74, 6) is 1.44. The van der Waals surface area contributed by atoms with Crippen LogP contribution in [0.15, 0.2) is 9.98 Å². The van der Waals surface area contributed by atoms with Gasteiger partial charge in [0.1, 0.15) is 12.1 Å². The molecule has 0 N–H and O–H groups in total. The van der Waals surface area contributed by atoms with Crippen LogP contribution in [-0.4, -0.2) is 56.0 Å². The Labute approximate surface area is 177 Å². The maximum absolute atomic E-state index is 13.5. The van der Waals surface area contributed by atoms with Gasteiger partial charge in [-0.1, -0.05) is 34.6 Å². The van der Waals surface area contributed by atoms with Crippen LogP contribution in [0.5, 0.6) is 0 Å². The van der Waals surface area contributed by atoms with Crippen molar-refractivity contribution in [3.8, 4) is 0 Å². The van der Waals surface area contributed by atoms with E-state index < -0.39 is 13.6 Å². The zero-order chi connectivity index (χ0) is 22.2. The summed E-state index contributed by atoms with van der Waals surface area (Å²) < 4.78 is 36.6. The van der Waals surface area contributed by atoms with Gasteiger partial charge in [-0.15, -0.1) is 0 Å². The van der Waals surface area contributed by atoms with Gasteiger partial charge >= 0.3 is 7.60 Å². The third-order valence-corrected chi connectivity index (χ3v) is 7.64. The van der Waals surface area contributed by atoms with Gasteiger partial charge in [0.15, 0.2) is 0 Å². The molecule has 0 aromatic carbocycles. The molecule has 8 heteroatoms. The van der Waals surface area contributed by atoms with E-state index in [0.717, 1.165) is 0 Å². The second kappa shape index (κ2) is 12.1. The van der Waals surface area contributed by atoms with Gasteiger partial charge in [0.05, 0.1) is 32.1 Å². The Morgan fingerprint density at radius 3 is 1.62 bits per heavy atom. The van der Waals surface area contributed by atoms with Crippen molar-refractivity contribution in [1.82, 2.24) is 0 Å². The molecule has 0 fully saturated rings. The Balaban J connectivity index is 3.45. The first-order valence-corrected chi connectivity index (χ1v) is 12.6. The first kappa shape index (κ1) is 26.1. The molecular weight excluding hydrogens is 391 g/mol. The number of nitrogens with zero attached hydrogens (tertiary/aromatic N) is 2. The minimum Gasteiger partial charge on any atom is -0.480 e. The lowest BCUT2D eigenvalue weighted by Crippen LogP contribution is -2.46. The van der Waals surface area contributed by atoms with Gasteiger partial charge in [0.2, 0.25) is 11.8 Å². The highest BCUT2D eigenvalue weighted by Crippen LogP contribution is 2.57. The molecule has 1 heterocycles. The molecular formula is C21H41N2O5P. The number of rotatable bonds is 11. The molecule has 0 aromatic rings. The van der Waals surface area contributed by atoms with E-state index in [1.54, 1.807) is 0 Å². The summed E-state index contributed by atoms with van der Waals surface area (Å²) in [4.78, 5) is 9.84. The highest BCUT2D eigenvalue weighted by molar-refractivity contribution is 7.54. The highest BCUT2D eigenvalue weighted by Gasteiger charge is 2.46. The van der Waals surface area contributed by atoms with Crippen LogP contribution >= 0.6 is 7.60 Å². The van der Waals surface area contributed by atoms with Crippen LogP contribution in [0.1, 0.15) is 62.3 Å². The molecule has 0 aliphatic carbocycles. The Morgan fingerprint density at radius 1 is 0.793 bits per heavy atom. The summed E-state index contributed by atoms with van der Waals surface area (Å²) in [6.45, 7) is 19.5. The molecule has 0 bridgehead atoms. The number of hydrogen-bond acceptors (Lipinski definition) is 7. The molecule has 0 radical (unpaired) electrons. The normalized spacial score (nSPS) is 22.3. The largest absolute Gasteiger partial charge is 0.480 e. The van der Waals surface area contributed by atoms with Gasteiger partial charge in [-0.2, -0.15) is 0 Å². The van der Waals surface area contributed by atoms with Gasteiger partial charge in [-0.05, 0) is 39.5 Å². The predicted octanol–water partition coefficient (Wildman–Crippen LogP) is 5.19. The fourth-order valence-electron chi connectivity index (χ4n) is 3.79. The van der Waals surface area contributed by atoms with E-state index in [9.17, 15) is 4.57 Å². The third kappa shape index (κ3) is 6.53. The van der Waals surface area contributed by atoms with Crippen LogP contribution in [0.2, 0.25) is 0 Å². The van der Waals surface area contributed by atoms with Crippen molar-refractivity contribution < 1.29 is 23.1 Å². The minimum atomic E-state index is -3.32. The van der Waals surface area contributed by atoms with E-state index in [1.807, 2.05) is 34.6 Å².